The molecule has 1 amide bonds. The Labute approximate surface area is 109 Å². The SMILES string of the molecule is COC(=O)/C=C(\C)NC(=O)c1ccc([N+](=O)[O-])cc1. The Morgan fingerprint density at radius 3 is 2.37 bits per heavy atom. The summed E-state index contributed by atoms with van der Waals surface area (Å²) in [5, 5.41) is 12.9. The van der Waals surface area contributed by atoms with Gasteiger partial charge in [-0.05, 0) is 19.1 Å². The van der Waals surface area contributed by atoms with Gasteiger partial charge in [0.05, 0.1) is 12.0 Å². The minimum absolute atomic E-state index is 0.0987. The van der Waals surface area contributed by atoms with Crippen molar-refractivity contribution in [3.63, 3.8) is 0 Å². The zero-order valence-electron chi connectivity index (χ0n) is 10.4. The van der Waals surface area contributed by atoms with Gasteiger partial charge in [-0.3, -0.25) is 14.9 Å². The van der Waals surface area contributed by atoms with Gasteiger partial charge < -0.3 is 10.1 Å². The number of carbonyl (C=O) groups excluding carboxylic acids is 2. The fourth-order valence-corrected chi connectivity index (χ4v) is 1.26. The first-order valence-electron chi connectivity index (χ1n) is 5.26. The monoisotopic (exact) mass is 264 g/mol. The number of hydrogen-bond acceptors (Lipinski definition) is 5. The summed E-state index contributed by atoms with van der Waals surface area (Å²) in [6, 6.07) is 5.13. The number of amides is 1. The maximum Gasteiger partial charge on any atom is 0.332 e. The van der Waals surface area contributed by atoms with Crippen LogP contribution in [0.5, 0.6) is 0 Å². The molecule has 7 nitrogen and oxygen atoms in total. The van der Waals surface area contributed by atoms with E-state index in [1.807, 2.05) is 0 Å². The molecule has 7 heteroatoms. The van der Waals surface area contributed by atoms with Gasteiger partial charge in [-0.15, -0.1) is 0 Å². The summed E-state index contributed by atoms with van der Waals surface area (Å²) in [5.41, 5.74) is 0.469. The molecule has 0 aromatic heterocycles. The van der Waals surface area contributed by atoms with Gasteiger partial charge in [-0.1, -0.05) is 0 Å². The number of hydrogen-bond donors (Lipinski definition) is 1. The summed E-state index contributed by atoms with van der Waals surface area (Å²) < 4.78 is 4.41. The minimum Gasteiger partial charge on any atom is -0.466 e. The van der Waals surface area contributed by atoms with Crippen molar-refractivity contribution in [2.75, 3.05) is 7.11 Å². The Morgan fingerprint density at radius 2 is 1.89 bits per heavy atom. The van der Waals surface area contributed by atoms with E-state index in [0.29, 0.717) is 5.70 Å². The summed E-state index contributed by atoms with van der Waals surface area (Å²) >= 11 is 0. The van der Waals surface area contributed by atoms with E-state index < -0.39 is 16.8 Å². The molecule has 0 fully saturated rings. The van der Waals surface area contributed by atoms with Crippen LogP contribution in [0.3, 0.4) is 0 Å². The molecule has 0 aliphatic carbocycles. The van der Waals surface area contributed by atoms with Gasteiger partial charge in [0.15, 0.2) is 0 Å². The highest BCUT2D eigenvalue weighted by atomic mass is 16.6. The van der Waals surface area contributed by atoms with Crippen molar-refractivity contribution < 1.29 is 19.2 Å². The van der Waals surface area contributed by atoms with Crippen molar-refractivity contribution >= 4 is 17.6 Å². The maximum absolute atomic E-state index is 11.7. The van der Waals surface area contributed by atoms with Crippen LogP contribution in [-0.4, -0.2) is 23.9 Å². The highest BCUT2D eigenvalue weighted by Crippen LogP contribution is 2.12. The first-order chi connectivity index (χ1) is 8.93. The van der Waals surface area contributed by atoms with Gasteiger partial charge in [0.25, 0.3) is 11.6 Å². The van der Waals surface area contributed by atoms with Crippen LogP contribution >= 0.6 is 0 Å². The van der Waals surface area contributed by atoms with E-state index in [2.05, 4.69) is 10.1 Å². The molecule has 1 rings (SSSR count). The molecule has 0 saturated heterocycles. The van der Waals surface area contributed by atoms with Crippen molar-refractivity contribution in [2.45, 2.75) is 6.92 Å². The van der Waals surface area contributed by atoms with Gasteiger partial charge in [0, 0.05) is 29.5 Å². The number of esters is 1. The second-order valence-electron chi connectivity index (χ2n) is 3.61. The molecule has 19 heavy (non-hydrogen) atoms. The topological polar surface area (TPSA) is 98.5 Å². The van der Waals surface area contributed by atoms with E-state index in [9.17, 15) is 19.7 Å². The van der Waals surface area contributed by atoms with E-state index in [4.69, 9.17) is 0 Å². The predicted molar refractivity (Wildman–Crippen MR) is 66.3 cm³/mol. The third-order valence-corrected chi connectivity index (χ3v) is 2.19. The molecule has 1 aromatic carbocycles. The Kier molecular flexibility index (Phi) is 4.76. The number of benzene rings is 1. The van der Waals surface area contributed by atoms with Gasteiger partial charge in [0.1, 0.15) is 0 Å². The third-order valence-electron chi connectivity index (χ3n) is 2.19. The quantitative estimate of drug-likeness (QED) is 0.383. The molecule has 100 valence electrons. The van der Waals surface area contributed by atoms with Crippen LogP contribution in [0.15, 0.2) is 36.0 Å². The number of rotatable bonds is 4. The largest absolute Gasteiger partial charge is 0.466 e. The highest BCUT2D eigenvalue weighted by Gasteiger charge is 2.09. The van der Waals surface area contributed by atoms with Crippen molar-refractivity contribution in [1.82, 2.24) is 5.32 Å². The molecule has 0 radical (unpaired) electrons. The van der Waals surface area contributed by atoms with E-state index in [-0.39, 0.29) is 11.3 Å². The van der Waals surface area contributed by atoms with Crippen molar-refractivity contribution in [1.29, 1.82) is 0 Å². The lowest BCUT2D eigenvalue weighted by molar-refractivity contribution is -0.384. The van der Waals surface area contributed by atoms with Crippen LogP contribution in [0.2, 0.25) is 0 Å². The van der Waals surface area contributed by atoms with Crippen LogP contribution in [0.25, 0.3) is 0 Å². The van der Waals surface area contributed by atoms with Crippen LogP contribution in [0.1, 0.15) is 17.3 Å². The Morgan fingerprint density at radius 1 is 1.32 bits per heavy atom. The number of nitro groups is 1. The lowest BCUT2D eigenvalue weighted by Gasteiger charge is -2.04. The molecule has 1 aromatic rings. The molecule has 0 aliphatic rings. The number of nitrogens with zero attached hydrogens (tertiary/aromatic N) is 1. The fraction of sp³-hybridized carbons (Fsp3) is 0.167. The average molecular weight is 264 g/mol. The first-order valence-corrected chi connectivity index (χ1v) is 5.26. The number of ether oxygens (including phenoxy) is 1. The average Bonchev–Trinajstić information content (AvgIpc) is 2.38. The molecular weight excluding hydrogens is 252 g/mol. The molecule has 0 atom stereocenters. The normalized spacial score (nSPS) is 10.7. The van der Waals surface area contributed by atoms with E-state index >= 15 is 0 Å². The first kappa shape index (κ1) is 14.4. The molecule has 0 aliphatic heterocycles. The summed E-state index contributed by atoms with van der Waals surface area (Å²) in [6.07, 6.45) is 1.13. The number of allylic oxidation sites excluding steroid dienone is 1. The lowest BCUT2D eigenvalue weighted by Crippen LogP contribution is -2.22. The van der Waals surface area contributed by atoms with Gasteiger partial charge in [0.2, 0.25) is 0 Å². The lowest BCUT2D eigenvalue weighted by atomic mass is 10.2. The number of nitro benzene ring substituents is 1. The molecule has 0 heterocycles. The van der Waals surface area contributed by atoms with Crippen molar-refractivity contribution in [3.8, 4) is 0 Å². The van der Waals surface area contributed by atoms with Crippen LogP contribution in [-0.2, 0) is 9.53 Å². The number of carbonyl (C=O) groups is 2. The van der Waals surface area contributed by atoms with Gasteiger partial charge in [-0.25, -0.2) is 4.79 Å². The Hall–Kier alpha value is -2.70. The number of nitrogens with one attached hydrogen (secondary N) is 1. The summed E-state index contributed by atoms with van der Waals surface area (Å²) in [4.78, 5) is 32.6. The van der Waals surface area contributed by atoms with Crippen LogP contribution < -0.4 is 5.32 Å². The van der Waals surface area contributed by atoms with E-state index in [0.717, 1.165) is 6.08 Å². The van der Waals surface area contributed by atoms with Crippen LogP contribution in [0, 0.1) is 10.1 Å². The fourth-order valence-electron chi connectivity index (χ4n) is 1.26. The van der Waals surface area contributed by atoms with Crippen molar-refractivity contribution in [2.24, 2.45) is 0 Å². The van der Waals surface area contributed by atoms with E-state index in [1.54, 1.807) is 0 Å². The zero-order chi connectivity index (χ0) is 14.4. The molecule has 0 bridgehead atoms. The third kappa shape index (κ3) is 4.23. The standard InChI is InChI=1S/C12H12N2O5/c1-8(7-11(15)19-2)13-12(16)9-3-5-10(6-4-9)14(17)18/h3-7H,1-2H3,(H,13,16)/b8-7+. The smallest absolute Gasteiger partial charge is 0.332 e. The van der Waals surface area contributed by atoms with Crippen LogP contribution in [0.4, 0.5) is 5.69 Å². The molecule has 0 saturated carbocycles. The summed E-state index contributed by atoms with van der Waals surface area (Å²) in [6.45, 7) is 1.53. The maximum atomic E-state index is 11.7. The second kappa shape index (κ2) is 6.29. The Balaban J connectivity index is 2.76. The summed E-state index contributed by atoms with van der Waals surface area (Å²) in [7, 11) is 1.23. The zero-order valence-corrected chi connectivity index (χ0v) is 10.4. The minimum atomic E-state index is -0.582. The summed E-state index contributed by atoms with van der Waals surface area (Å²) in [5.74, 6) is -1.05. The highest BCUT2D eigenvalue weighted by molar-refractivity contribution is 5.96. The molecule has 1 N–H and O–H groups in total. The second-order valence-corrected chi connectivity index (χ2v) is 3.61. The van der Waals surface area contributed by atoms with Gasteiger partial charge in [-0.2, -0.15) is 0 Å². The number of methoxy groups -OCH3 is 1. The molecule has 0 unspecified atom stereocenters. The van der Waals surface area contributed by atoms with Crippen molar-refractivity contribution in [3.05, 3.63) is 51.7 Å². The Bertz CT molecular complexity index is 534. The van der Waals surface area contributed by atoms with Gasteiger partial charge >= 0.3 is 5.97 Å². The number of non-ortho nitro benzene ring substituents is 1. The molecular formula is C12H12N2O5. The van der Waals surface area contributed by atoms with E-state index in [1.165, 1.54) is 38.3 Å². The molecule has 0 spiro atoms. The predicted octanol–water partition coefficient (Wildman–Crippen LogP) is 1.40.